The normalized spacial score (nSPS) is 27.6. The van der Waals surface area contributed by atoms with Crippen LogP contribution in [0.1, 0.15) is 19.3 Å². The van der Waals surface area contributed by atoms with Crippen molar-refractivity contribution in [3.8, 4) is 0 Å². The minimum absolute atomic E-state index is 0. The molecule has 4 nitrogen and oxygen atoms in total. The summed E-state index contributed by atoms with van der Waals surface area (Å²) < 4.78 is 0. The summed E-state index contributed by atoms with van der Waals surface area (Å²) in [5, 5.41) is 26.2. The minimum Gasteiger partial charge on any atom is -0.481 e. The molecule has 66 valence electrons. The molecule has 1 saturated carbocycles. The molecule has 0 saturated heterocycles. The van der Waals surface area contributed by atoms with E-state index >= 15 is 0 Å². The lowest BCUT2D eigenvalue weighted by Gasteiger charge is -2.12. The maximum Gasteiger partial charge on any atom is 0.306 e. The van der Waals surface area contributed by atoms with Crippen molar-refractivity contribution < 1.29 is 20.1 Å². The second-order valence-electron chi connectivity index (χ2n) is 2.76. The van der Waals surface area contributed by atoms with Crippen molar-refractivity contribution in [2.24, 2.45) is 5.92 Å². The first kappa shape index (κ1) is 10.7. The number of rotatable bonds is 1. The molecule has 1 fully saturated rings. The molecule has 1 rings (SSSR count). The van der Waals surface area contributed by atoms with Crippen molar-refractivity contribution >= 4 is 18.4 Å². The summed E-state index contributed by atoms with van der Waals surface area (Å²) in [6.07, 6.45) is 0.495. The molecule has 0 bridgehead atoms. The second kappa shape index (κ2) is 3.38. The summed E-state index contributed by atoms with van der Waals surface area (Å²) in [5.74, 6) is -3.25. The van der Waals surface area contributed by atoms with E-state index in [0.717, 1.165) is 0 Å². The molecule has 0 amide bonds. The zero-order valence-electron chi connectivity index (χ0n) is 5.86. The Bertz CT molecular complexity index is 157. The first-order chi connectivity index (χ1) is 4.51. The van der Waals surface area contributed by atoms with Crippen LogP contribution in [0.3, 0.4) is 0 Å². The van der Waals surface area contributed by atoms with Crippen molar-refractivity contribution in [2.75, 3.05) is 0 Å². The van der Waals surface area contributed by atoms with Gasteiger partial charge >= 0.3 is 5.97 Å². The number of aliphatic hydroxyl groups is 2. The molecule has 1 atom stereocenters. The number of carboxylic acid groups (broad SMARTS) is 1. The van der Waals surface area contributed by atoms with Crippen LogP contribution in [0, 0.1) is 5.92 Å². The Morgan fingerprint density at radius 1 is 1.45 bits per heavy atom. The molecule has 5 heteroatoms. The molecule has 0 aromatic carbocycles. The van der Waals surface area contributed by atoms with Crippen LogP contribution in [-0.4, -0.2) is 27.1 Å². The second-order valence-corrected chi connectivity index (χ2v) is 2.76. The molecular weight excluding hydrogens is 172 g/mol. The first-order valence-electron chi connectivity index (χ1n) is 3.19. The van der Waals surface area contributed by atoms with Gasteiger partial charge in [-0.05, 0) is 6.42 Å². The largest absolute Gasteiger partial charge is 0.481 e. The summed E-state index contributed by atoms with van der Waals surface area (Å²) in [5.41, 5.74) is 0. The summed E-state index contributed by atoms with van der Waals surface area (Å²) in [7, 11) is 0. The van der Waals surface area contributed by atoms with E-state index < -0.39 is 17.7 Å². The molecule has 11 heavy (non-hydrogen) atoms. The molecule has 0 aromatic rings. The third kappa shape index (κ3) is 2.65. The zero-order chi connectivity index (χ0) is 7.78. The lowest BCUT2D eigenvalue weighted by atomic mass is 10.1. The number of halogens is 1. The van der Waals surface area contributed by atoms with Crippen molar-refractivity contribution in [1.82, 2.24) is 0 Å². The van der Waals surface area contributed by atoms with E-state index in [1.54, 1.807) is 0 Å². The van der Waals surface area contributed by atoms with Gasteiger partial charge in [-0.2, -0.15) is 0 Å². The Morgan fingerprint density at radius 2 is 2.00 bits per heavy atom. The fourth-order valence-corrected chi connectivity index (χ4v) is 1.21. The zero-order valence-corrected chi connectivity index (χ0v) is 6.67. The average molecular weight is 183 g/mol. The van der Waals surface area contributed by atoms with Gasteiger partial charge in [0.1, 0.15) is 0 Å². The van der Waals surface area contributed by atoms with E-state index in [2.05, 4.69) is 0 Å². The summed E-state index contributed by atoms with van der Waals surface area (Å²) in [6.45, 7) is 0. The quantitative estimate of drug-likeness (QED) is 0.498. The van der Waals surface area contributed by atoms with Gasteiger partial charge in [0.2, 0.25) is 0 Å². The van der Waals surface area contributed by atoms with Crippen LogP contribution in [0.4, 0.5) is 0 Å². The van der Waals surface area contributed by atoms with Crippen LogP contribution in [-0.2, 0) is 4.79 Å². The molecular formula is C6H11ClO4. The highest BCUT2D eigenvalue weighted by Gasteiger charge is 2.38. The van der Waals surface area contributed by atoms with Crippen LogP contribution in [0.5, 0.6) is 0 Å². The third-order valence-electron chi connectivity index (χ3n) is 1.82. The van der Waals surface area contributed by atoms with Crippen LogP contribution >= 0.6 is 12.4 Å². The Hall–Kier alpha value is -0.320. The molecule has 0 aliphatic heterocycles. The standard InChI is InChI=1S/C6H10O4.ClH/c7-5(8)4-1-2-6(9,10)3-4;/h4,9-10H,1-3H2,(H,7,8);1H. The highest BCUT2D eigenvalue weighted by molar-refractivity contribution is 5.85. The monoisotopic (exact) mass is 182 g/mol. The molecule has 0 aromatic heterocycles. The van der Waals surface area contributed by atoms with Crippen molar-refractivity contribution in [2.45, 2.75) is 25.0 Å². The molecule has 1 unspecified atom stereocenters. The fourth-order valence-electron chi connectivity index (χ4n) is 1.21. The lowest BCUT2D eigenvalue weighted by molar-refractivity contribution is -0.162. The minimum atomic E-state index is -1.73. The van der Waals surface area contributed by atoms with Crippen molar-refractivity contribution in [1.29, 1.82) is 0 Å². The summed E-state index contributed by atoms with van der Waals surface area (Å²) in [4.78, 5) is 10.3. The third-order valence-corrected chi connectivity index (χ3v) is 1.82. The Balaban J connectivity index is 0.000001000. The predicted octanol–water partition coefficient (Wildman–Crippen LogP) is -0.0262. The highest BCUT2D eigenvalue weighted by Crippen LogP contribution is 2.32. The van der Waals surface area contributed by atoms with Gasteiger partial charge in [-0.3, -0.25) is 4.79 Å². The Kier molecular flexibility index (Phi) is 3.29. The van der Waals surface area contributed by atoms with E-state index in [-0.39, 0.29) is 25.2 Å². The van der Waals surface area contributed by atoms with Gasteiger partial charge in [0.25, 0.3) is 0 Å². The summed E-state index contributed by atoms with van der Waals surface area (Å²) >= 11 is 0. The van der Waals surface area contributed by atoms with E-state index in [1.165, 1.54) is 0 Å². The maximum absolute atomic E-state index is 10.3. The highest BCUT2D eigenvalue weighted by atomic mass is 35.5. The van der Waals surface area contributed by atoms with E-state index in [0.29, 0.717) is 6.42 Å². The Labute approximate surface area is 70.3 Å². The summed E-state index contributed by atoms with van der Waals surface area (Å²) in [6, 6.07) is 0. The van der Waals surface area contributed by atoms with E-state index in [4.69, 9.17) is 15.3 Å². The van der Waals surface area contributed by atoms with Crippen LogP contribution in [0.25, 0.3) is 0 Å². The lowest BCUT2D eigenvalue weighted by Crippen LogP contribution is -2.24. The molecule has 0 spiro atoms. The number of carboxylic acids is 1. The van der Waals surface area contributed by atoms with Crippen molar-refractivity contribution in [3.05, 3.63) is 0 Å². The topological polar surface area (TPSA) is 77.8 Å². The average Bonchev–Trinajstić information content (AvgIpc) is 2.10. The smallest absolute Gasteiger partial charge is 0.306 e. The van der Waals surface area contributed by atoms with Gasteiger partial charge < -0.3 is 15.3 Å². The van der Waals surface area contributed by atoms with Crippen LogP contribution in [0.15, 0.2) is 0 Å². The number of hydrogen-bond acceptors (Lipinski definition) is 3. The fraction of sp³-hybridized carbons (Fsp3) is 0.833. The molecule has 0 heterocycles. The van der Waals surface area contributed by atoms with E-state index in [1.807, 2.05) is 0 Å². The molecule has 1 aliphatic carbocycles. The molecule has 3 N–H and O–H groups in total. The van der Waals surface area contributed by atoms with Gasteiger partial charge in [-0.1, -0.05) is 0 Å². The van der Waals surface area contributed by atoms with Gasteiger partial charge in [0.05, 0.1) is 5.92 Å². The number of carbonyl (C=O) groups is 1. The van der Waals surface area contributed by atoms with Crippen molar-refractivity contribution in [3.63, 3.8) is 0 Å². The number of aliphatic carboxylic acids is 1. The molecule has 1 aliphatic rings. The van der Waals surface area contributed by atoms with Crippen LogP contribution < -0.4 is 0 Å². The molecule has 0 radical (unpaired) electrons. The van der Waals surface area contributed by atoms with E-state index in [9.17, 15) is 4.79 Å². The van der Waals surface area contributed by atoms with Gasteiger partial charge in [0.15, 0.2) is 5.79 Å². The van der Waals surface area contributed by atoms with Gasteiger partial charge in [-0.25, -0.2) is 0 Å². The van der Waals surface area contributed by atoms with Gasteiger partial charge in [0, 0.05) is 12.8 Å². The predicted molar refractivity (Wildman–Crippen MR) is 39.4 cm³/mol. The SMILES string of the molecule is Cl.O=C(O)C1CCC(O)(O)C1. The van der Waals surface area contributed by atoms with Gasteiger partial charge in [-0.15, -0.1) is 12.4 Å². The number of hydrogen-bond donors (Lipinski definition) is 3. The Morgan fingerprint density at radius 3 is 2.18 bits per heavy atom. The first-order valence-corrected chi connectivity index (χ1v) is 3.19. The maximum atomic E-state index is 10.3. The van der Waals surface area contributed by atoms with Crippen LogP contribution in [0.2, 0.25) is 0 Å².